The van der Waals surface area contributed by atoms with Crippen molar-refractivity contribution >= 4 is 17.4 Å². The summed E-state index contributed by atoms with van der Waals surface area (Å²) in [5.74, 6) is 0.267. The molecule has 4 aromatic rings. The zero-order chi connectivity index (χ0) is 20.5. The van der Waals surface area contributed by atoms with Gasteiger partial charge in [0.05, 0.1) is 0 Å². The van der Waals surface area contributed by atoms with Gasteiger partial charge in [-0.05, 0) is 41.8 Å². The van der Waals surface area contributed by atoms with Gasteiger partial charge in [0.2, 0.25) is 5.78 Å². The average molecular weight is 388 g/mol. The molecule has 0 aliphatic rings. The molecule has 0 radical (unpaired) electrons. The molecule has 0 saturated carbocycles. The largest absolute Gasteiger partial charge is 0.310 e. The van der Waals surface area contributed by atoms with Gasteiger partial charge in [-0.2, -0.15) is 0 Å². The number of rotatable bonds is 4. The third-order valence-corrected chi connectivity index (χ3v) is 4.98. The molecule has 2 aromatic heterocycles. The summed E-state index contributed by atoms with van der Waals surface area (Å²) in [5, 5.41) is 0. The summed E-state index contributed by atoms with van der Waals surface area (Å²) >= 11 is 0. The summed E-state index contributed by atoms with van der Waals surface area (Å²) in [6.45, 7) is 4.27. The molecule has 4 rings (SSSR count). The van der Waals surface area contributed by atoms with E-state index in [1.807, 2.05) is 12.1 Å². The van der Waals surface area contributed by atoms with Crippen LogP contribution in [0.3, 0.4) is 0 Å². The van der Waals surface area contributed by atoms with E-state index in [1.165, 1.54) is 22.6 Å². The van der Waals surface area contributed by atoms with Crippen molar-refractivity contribution in [1.29, 1.82) is 0 Å². The van der Waals surface area contributed by atoms with E-state index in [9.17, 15) is 9.18 Å². The minimum Gasteiger partial charge on any atom is -0.310 e. The summed E-state index contributed by atoms with van der Waals surface area (Å²) in [5.41, 5.74) is 3.63. The lowest BCUT2D eigenvalue weighted by molar-refractivity contribution is 0.0988. The number of imidazole rings is 1. The Morgan fingerprint density at radius 2 is 1.76 bits per heavy atom. The van der Waals surface area contributed by atoms with Crippen LogP contribution in [0.4, 0.5) is 10.1 Å². The summed E-state index contributed by atoms with van der Waals surface area (Å²) in [6, 6.07) is 15.6. The molecule has 0 fully saturated rings. The van der Waals surface area contributed by atoms with Gasteiger partial charge in [-0.3, -0.25) is 9.20 Å². The van der Waals surface area contributed by atoms with Crippen molar-refractivity contribution < 1.29 is 9.18 Å². The van der Waals surface area contributed by atoms with E-state index in [2.05, 4.69) is 35.9 Å². The maximum atomic E-state index is 13.4. The van der Waals surface area contributed by atoms with Crippen molar-refractivity contribution in [3.8, 4) is 11.3 Å². The number of fused-ring (bicyclic) bond motifs is 1. The first-order valence-electron chi connectivity index (χ1n) is 9.42. The van der Waals surface area contributed by atoms with Crippen LogP contribution in [0.2, 0.25) is 0 Å². The summed E-state index contributed by atoms with van der Waals surface area (Å²) < 4.78 is 15.0. The number of carbonyl (C=O) groups is 1. The Morgan fingerprint density at radius 1 is 1.07 bits per heavy atom. The quantitative estimate of drug-likeness (QED) is 0.498. The van der Waals surface area contributed by atoms with Crippen molar-refractivity contribution in [2.24, 2.45) is 0 Å². The molecule has 0 spiro atoms. The highest BCUT2D eigenvalue weighted by Crippen LogP contribution is 2.28. The summed E-state index contributed by atoms with van der Waals surface area (Å²) in [7, 11) is 1.66. The normalized spacial score (nSPS) is 11.2. The van der Waals surface area contributed by atoms with E-state index >= 15 is 0 Å². The molecule has 6 heteroatoms. The Kier molecular flexibility index (Phi) is 4.84. The maximum absolute atomic E-state index is 13.4. The molecule has 2 heterocycles. The van der Waals surface area contributed by atoms with Crippen molar-refractivity contribution in [3.05, 3.63) is 84.1 Å². The smallest absolute Gasteiger partial charge is 0.277 e. The molecule has 1 amide bonds. The van der Waals surface area contributed by atoms with Crippen LogP contribution in [0.5, 0.6) is 0 Å². The fourth-order valence-corrected chi connectivity index (χ4v) is 3.26. The lowest BCUT2D eigenvalue weighted by Gasteiger charge is -2.18. The van der Waals surface area contributed by atoms with Gasteiger partial charge in [0.15, 0.2) is 0 Å². The van der Waals surface area contributed by atoms with Crippen molar-refractivity contribution in [3.63, 3.8) is 0 Å². The molecule has 0 aliphatic heterocycles. The first kappa shape index (κ1) is 18.8. The van der Waals surface area contributed by atoms with E-state index in [-0.39, 0.29) is 11.7 Å². The number of nitrogens with zero attached hydrogens (tertiary/aromatic N) is 4. The number of hydrogen-bond donors (Lipinski definition) is 0. The van der Waals surface area contributed by atoms with Crippen molar-refractivity contribution in [1.82, 2.24) is 14.4 Å². The van der Waals surface area contributed by atoms with Gasteiger partial charge >= 0.3 is 0 Å². The molecule has 0 atom stereocenters. The number of benzene rings is 2. The van der Waals surface area contributed by atoms with Crippen LogP contribution < -0.4 is 4.90 Å². The Morgan fingerprint density at radius 3 is 2.41 bits per heavy atom. The molecule has 0 saturated heterocycles. The first-order chi connectivity index (χ1) is 14.0. The topological polar surface area (TPSA) is 50.5 Å². The zero-order valence-corrected chi connectivity index (χ0v) is 16.5. The number of anilines is 1. The van der Waals surface area contributed by atoms with Crippen LogP contribution in [0, 0.1) is 5.82 Å². The molecular formula is C23H21FN4O. The molecule has 5 nitrogen and oxygen atoms in total. The fourth-order valence-electron chi connectivity index (χ4n) is 3.26. The summed E-state index contributed by atoms with van der Waals surface area (Å²) in [4.78, 5) is 23.8. The third kappa shape index (κ3) is 3.49. The Hall–Kier alpha value is -3.54. The standard InChI is InChI=1S/C23H21FN4O/c1-15(2)16-5-7-17(8-6-16)20-21(28-14-4-13-25-23(28)26-20)22(29)27(3)19-11-9-18(24)10-12-19/h4-15H,1-3H3. The lowest BCUT2D eigenvalue weighted by atomic mass is 10.0. The van der Waals surface area contributed by atoms with E-state index in [1.54, 1.807) is 42.0 Å². The second-order valence-corrected chi connectivity index (χ2v) is 7.22. The third-order valence-electron chi connectivity index (χ3n) is 4.98. The van der Waals surface area contributed by atoms with E-state index in [0.717, 1.165) is 5.56 Å². The molecule has 0 aliphatic carbocycles. The lowest BCUT2D eigenvalue weighted by Crippen LogP contribution is -2.28. The van der Waals surface area contributed by atoms with Crippen LogP contribution in [-0.4, -0.2) is 27.3 Å². The average Bonchev–Trinajstić information content (AvgIpc) is 3.13. The van der Waals surface area contributed by atoms with Crippen LogP contribution in [0.1, 0.15) is 35.8 Å². The van der Waals surface area contributed by atoms with Crippen LogP contribution in [0.15, 0.2) is 67.0 Å². The highest BCUT2D eigenvalue weighted by Gasteiger charge is 2.24. The molecule has 29 heavy (non-hydrogen) atoms. The van der Waals surface area contributed by atoms with Crippen molar-refractivity contribution in [2.45, 2.75) is 19.8 Å². The predicted octanol–water partition coefficient (Wildman–Crippen LogP) is 4.94. The number of hydrogen-bond acceptors (Lipinski definition) is 3. The summed E-state index contributed by atoms with van der Waals surface area (Å²) in [6.07, 6.45) is 3.42. The molecule has 0 N–H and O–H groups in total. The van der Waals surface area contributed by atoms with Gasteiger partial charge in [-0.1, -0.05) is 38.1 Å². The van der Waals surface area contributed by atoms with Gasteiger partial charge in [-0.15, -0.1) is 0 Å². The molecular weight excluding hydrogens is 367 g/mol. The minimum atomic E-state index is -0.348. The van der Waals surface area contributed by atoms with E-state index in [0.29, 0.717) is 28.8 Å². The van der Waals surface area contributed by atoms with Gasteiger partial charge in [0.1, 0.15) is 17.2 Å². The first-order valence-corrected chi connectivity index (χ1v) is 9.42. The van der Waals surface area contributed by atoms with Crippen LogP contribution in [-0.2, 0) is 0 Å². The fraction of sp³-hybridized carbons (Fsp3) is 0.174. The molecule has 0 bridgehead atoms. The van der Waals surface area contributed by atoms with Gasteiger partial charge in [0, 0.05) is 30.7 Å². The van der Waals surface area contributed by atoms with E-state index < -0.39 is 0 Å². The molecule has 2 aromatic carbocycles. The Balaban J connectivity index is 1.83. The highest BCUT2D eigenvalue weighted by molar-refractivity contribution is 6.08. The zero-order valence-electron chi connectivity index (χ0n) is 16.5. The Labute approximate surface area is 168 Å². The molecule has 146 valence electrons. The number of halogens is 1. The van der Waals surface area contributed by atoms with Crippen LogP contribution in [0.25, 0.3) is 17.0 Å². The van der Waals surface area contributed by atoms with Gasteiger partial charge in [-0.25, -0.2) is 14.4 Å². The maximum Gasteiger partial charge on any atom is 0.277 e. The second-order valence-electron chi connectivity index (χ2n) is 7.22. The van der Waals surface area contributed by atoms with Crippen LogP contribution >= 0.6 is 0 Å². The van der Waals surface area contributed by atoms with E-state index in [4.69, 9.17) is 0 Å². The Bertz CT molecular complexity index is 1160. The number of amides is 1. The monoisotopic (exact) mass is 388 g/mol. The number of aromatic nitrogens is 3. The van der Waals surface area contributed by atoms with Gasteiger partial charge in [0.25, 0.3) is 5.91 Å². The molecule has 0 unspecified atom stereocenters. The second kappa shape index (κ2) is 7.47. The minimum absolute atomic E-state index is 0.250. The van der Waals surface area contributed by atoms with Gasteiger partial charge < -0.3 is 4.90 Å². The van der Waals surface area contributed by atoms with Crippen molar-refractivity contribution in [2.75, 3.05) is 11.9 Å². The SMILES string of the molecule is CC(C)c1ccc(-c2nc3ncccn3c2C(=O)N(C)c2ccc(F)cc2)cc1. The number of carbonyl (C=O) groups excluding carboxylic acids is 1. The predicted molar refractivity (Wildman–Crippen MR) is 112 cm³/mol. The highest BCUT2D eigenvalue weighted by atomic mass is 19.1.